The number of carbonyl (C=O) groups excluding carboxylic acids is 1. The lowest BCUT2D eigenvalue weighted by molar-refractivity contribution is 0.0240. The number of amides is 1. The maximum absolute atomic E-state index is 14.3. The van der Waals surface area contributed by atoms with Crippen molar-refractivity contribution in [2.45, 2.75) is 26.4 Å². The van der Waals surface area contributed by atoms with Crippen molar-refractivity contribution in [3.63, 3.8) is 0 Å². The molecule has 2 rings (SSSR count). The van der Waals surface area contributed by atoms with E-state index >= 15 is 0 Å². The summed E-state index contributed by atoms with van der Waals surface area (Å²) in [5.74, 6) is -1.05. The molecule has 1 aromatic carbocycles. The summed E-state index contributed by atoms with van der Waals surface area (Å²) in [6.07, 6.45) is -0.364. The van der Waals surface area contributed by atoms with E-state index in [9.17, 15) is 9.18 Å². The largest absolute Gasteiger partial charge is 0.444 e. The van der Waals surface area contributed by atoms with Gasteiger partial charge in [-0.05, 0) is 32.9 Å². The van der Waals surface area contributed by atoms with E-state index in [4.69, 9.17) is 21.9 Å². The molecule has 1 aliphatic rings. The number of guanidine groups is 2. The molecule has 0 bridgehead atoms. The number of aliphatic imine (C=N–C) groups is 2. The van der Waals surface area contributed by atoms with E-state index in [1.54, 1.807) is 17.0 Å². The minimum Gasteiger partial charge on any atom is -0.444 e. The number of hydrogen-bond donors (Lipinski definition) is 3. The Hall–Kier alpha value is -3.04. The van der Waals surface area contributed by atoms with Crippen LogP contribution in [-0.4, -0.2) is 54.7 Å². The number of nitrogens with two attached hydrogens (primary N) is 3. The fourth-order valence-corrected chi connectivity index (χ4v) is 2.60. The average Bonchev–Trinajstić information content (AvgIpc) is 2.54. The van der Waals surface area contributed by atoms with Crippen LogP contribution in [0.2, 0.25) is 0 Å². The highest BCUT2D eigenvalue weighted by Crippen LogP contribution is 2.32. The van der Waals surface area contributed by atoms with Gasteiger partial charge in [-0.25, -0.2) is 14.2 Å². The van der Waals surface area contributed by atoms with E-state index in [1.807, 2.05) is 25.7 Å². The molecule has 1 amide bonds. The lowest BCUT2D eigenvalue weighted by atomic mass is 10.2. The molecule has 0 saturated carbocycles. The van der Waals surface area contributed by atoms with Gasteiger partial charge in [0, 0.05) is 26.2 Å². The van der Waals surface area contributed by atoms with Gasteiger partial charge in [-0.2, -0.15) is 4.99 Å². The highest BCUT2D eigenvalue weighted by atomic mass is 19.1. The predicted molar refractivity (Wildman–Crippen MR) is 104 cm³/mol. The van der Waals surface area contributed by atoms with Gasteiger partial charge in [-0.1, -0.05) is 6.07 Å². The number of hydrogen-bond acceptors (Lipinski definition) is 4. The number of halogens is 1. The normalized spacial score (nSPS) is 15.5. The molecule has 1 aliphatic heterocycles. The Kier molecular flexibility index (Phi) is 6.09. The molecule has 10 heteroatoms. The van der Waals surface area contributed by atoms with E-state index in [1.165, 1.54) is 6.07 Å². The summed E-state index contributed by atoms with van der Waals surface area (Å²) in [6, 6.07) is 4.59. The first-order chi connectivity index (χ1) is 12.6. The molecule has 9 nitrogen and oxygen atoms in total. The van der Waals surface area contributed by atoms with Crippen LogP contribution in [0.1, 0.15) is 20.8 Å². The van der Waals surface area contributed by atoms with E-state index in [0.29, 0.717) is 31.9 Å². The van der Waals surface area contributed by atoms with Crippen molar-refractivity contribution in [3.05, 3.63) is 24.0 Å². The molecule has 148 valence electrons. The van der Waals surface area contributed by atoms with E-state index in [2.05, 4.69) is 9.98 Å². The van der Waals surface area contributed by atoms with E-state index < -0.39 is 11.4 Å². The summed E-state index contributed by atoms with van der Waals surface area (Å²) >= 11 is 0. The van der Waals surface area contributed by atoms with E-state index in [0.717, 1.165) is 0 Å². The van der Waals surface area contributed by atoms with Gasteiger partial charge >= 0.3 is 6.09 Å². The van der Waals surface area contributed by atoms with Gasteiger partial charge in [-0.3, -0.25) is 0 Å². The molecule has 0 radical (unpaired) electrons. The van der Waals surface area contributed by atoms with Crippen molar-refractivity contribution < 1.29 is 13.9 Å². The molecule has 1 fully saturated rings. The summed E-state index contributed by atoms with van der Waals surface area (Å²) in [6.45, 7) is 7.33. The van der Waals surface area contributed by atoms with Crippen molar-refractivity contribution in [3.8, 4) is 0 Å². The number of benzene rings is 1. The zero-order valence-electron chi connectivity index (χ0n) is 15.8. The van der Waals surface area contributed by atoms with E-state index in [-0.39, 0.29) is 23.7 Å². The Morgan fingerprint density at radius 2 is 1.78 bits per heavy atom. The summed E-state index contributed by atoms with van der Waals surface area (Å²) in [7, 11) is 0. The van der Waals surface area contributed by atoms with Crippen molar-refractivity contribution >= 4 is 29.4 Å². The first-order valence-electron chi connectivity index (χ1n) is 8.52. The molecule has 0 aromatic heterocycles. The monoisotopic (exact) mass is 379 g/mol. The fourth-order valence-electron chi connectivity index (χ4n) is 2.60. The van der Waals surface area contributed by atoms with Crippen molar-refractivity contribution in [1.29, 1.82) is 0 Å². The number of anilines is 1. The van der Waals surface area contributed by atoms with Gasteiger partial charge < -0.3 is 31.7 Å². The summed E-state index contributed by atoms with van der Waals surface area (Å²) in [5, 5.41) is 0. The van der Waals surface area contributed by atoms with Crippen LogP contribution < -0.4 is 22.1 Å². The first-order valence-corrected chi connectivity index (χ1v) is 8.52. The van der Waals surface area contributed by atoms with Crippen LogP contribution in [0.5, 0.6) is 0 Å². The third kappa shape index (κ3) is 5.73. The van der Waals surface area contributed by atoms with Crippen LogP contribution in [0.25, 0.3) is 0 Å². The van der Waals surface area contributed by atoms with Gasteiger partial charge in [0.1, 0.15) is 11.3 Å². The number of nitrogens with zero attached hydrogens (tertiary/aromatic N) is 4. The maximum Gasteiger partial charge on any atom is 0.410 e. The second-order valence-corrected chi connectivity index (χ2v) is 7.07. The summed E-state index contributed by atoms with van der Waals surface area (Å²) < 4.78 is 19.7. The molecular formula is C17H26FN7O2. The Morgan fingerprint density at radius 1 is 1.15 bits per heavy atom. The first kappa shape index (κ1) is 20.3. The van der Waals surface area contributed by atoms with Crippen LogP contribution in [0.4, 0.5) is 20.6 Å². The average molecular weight is 379 g/mol. The topological polar surface area (TPSA) is 136 Å². The van der Waals surface area contributed by atoms with Gasteiger partial charge in [0.25, 0.3) is 0 Å². The Bertz CT molecular complexity index is 746. The van der Waals surface area contributed by atoms with Crippen molar-refractivity contribution in [2.24, 2.45) is 27.2 Å². The molecule has 0 atom stereocenters. The van der Waals surface area contributed by atoms with Crippen molar-refractivity contribution in [1.82, 2.24) is 4.90 Å². The van der Waals surface area contributed by atoms with Gasteiger partial charge in [0.05, 0.1) is 5.69 Å². The van der Waals surface area contributed by atoms with Crippen molar-refractivity contribution in [2.75, 3.05) is 31.1 Å². The molecule has 1 aromatic rings. The van der Waals surface area contributed by atoms with Crippen LogP contribution in [0.15, 0.2) is 28.2 Å². The zero-order chi connectivity index (χ0) is 20.2. The number of ether oxygens (including phenoxy) is 1. The standard InChI is InChI=1S/C17H26FN7O2/c1-17(2,3)27-16(26)25-9-7-24(8-10-25)12-6-4-5-11(18)13(12)22-15(21)23-14(19)20/h4-6H,7-10H2,1-3H3,(H6,19,20,21,22,23). The quantitative estimate of drug-likeness (QED) is 0.520. The molecular weight excluding hydrogens is 353 g/mol. The van der Waals surface area contributed by atoms with Crippen LogP contribution in [-0.2, 0) is 4.74 Å². The van der Waals surface area contributed by atoms with Crippen LogP contribution in [0, 0.1) is 5.82 Å². The van der Waals surface area contributed by atoms with Gasteiger partial charge in [0.2, 0.25) is 5.96 Å². The lowest BCUT2D eigenvalue weighted by Gasteiger charge is -2.37. The molecule has 0 unspecified atom stereocenters. The zero-order valence-corrected chi connectivity index (χ0v) is 15.8. The third-order valence-corrected chi connectivity index (χ3v) is 3.71. The minimum atomic E-state index is -0.554. The molecule has 1 heterocycles. The third-order valence-electron chi connectivity index (χ3n) is 3.71. The van der Waals surface area contributed by atoms with Gasteiger partial charge in [0.15, 0.2) is 11.8 Å². The number of para-hydroxylation sites is 1. The van der Waals surface area contributed by atoms with Crippen LogP contribution >= 0.6 is 0 Å². The summed E-state index contributed by atoms with van der Waals surface area (Å²) in [4.78, 5) is 23.3. The number of piperazine rings is 1. The molecule has 0 spiro atoms. The molecule has 1 saturated heterocycles. The molecule has 0 aliphatic carbocycles. The molecule has 6 N–H and O–H groups in total. The highest BCUT2D eigenvalue weighted by molar-refractivity contribution is 5.94. The Labute approximate surface area is 157 Å². The second kappa shape index (κ2) is 8.11. The number of carbonyl (C=O) groups is 1. The van der Waals surface area contributed by atoms with Crippen LogP contribution in [0.3, 0.4) is 0 Å². The SMILES string of the molecule is CC(C)(C)OC(=O)N1CCN(c2cccc(F)c2N=C(N)N=C(N)N)CC1. The smallest absolute Gasteiger partial charge is 0.410 e. The summed E-state index contributed by atoms with van der Waals surface area (Å²) in [5.41, 5.74) is 16.2. The Morgan fingerprint density at radius 3 is 2.33 bits per heavy atom. The molecule has 27 heavy (non-hydrogen) atoms. The minimum absolute atomic E-state index is 0.0470. The maximum atomic E-state index is 14.3. The number of rotatable bonds is 2. The highest BCUT2D eigenvalue weighted by Gasteiger charge is 2.27. The predicted octanol–water partition coefficient (Wildman–Crippen LogP) is 1.10. The van der Waals surface area contributed by atoms with Gasteiger partial charge in [-0.15, -0.1) is 0 Å². The second-order valence-electron chi connectivity index (χ2n) is 7.07. The Balaban J connectivity index is 2.16. The lowest BCUT2D eigenvalue weighted by Crippen LogP contribution is -2.50. The fraction of sp³-hybridized carbons (Fsp3) is 0.471.